The molecule has 0 aromatic rings. The van der Waals surface area contributed by atoms with Gasteiger partial charge in [0.1, 0.15) is 0 Å². The van der Waals surface area contributed by atoms with E-state index in [1.807, 2.05) is 6.92 Å². The van der Waals surface area contributed by atoms with E-state index in [0.717, 1.165) is 30.6 Å². The summed E-state index contributed by atoms with van der Waals surface area (Å²) < 4.78 is 39.1. The first-order valence-electron chi connectivity index (χ1n) is 8.32. The Balaban J connectivity index is 2.04. The summed E-state index contributed by atoms with van der Waals surface area (Å²) in [7, 11) is 0. The minimum Gasteiger partial charge on any atom is -0.481 e. The predicted octanol–water partition coefficient (Wildman–Crippen LogP) is 3.31. The van der Waals surface area contributed by atoms with Crippen molar-refractivity contribution in [1.82, 2.24) is 4.90 Å². The summed E-state index contributed by atoms with van der Waals surface area (Å²) in [5.74, 6) is -5.13. The Labute approximate surface area is 134 Å². The minimum atomic E-state index is -4.59. The smallest absolute Gasteiger partial charge is 0.394 e. The molecule has 2 fully saturated rings. The molecule has 0 spiro atoms. The van der Waals surface area contributed by atoms with Crippen molar-refractivity contribution in [2.24, 2.45) is 23.7 Å². The van der Waals surface area contributed by atoms with Gasteiger partial charge in [-0.2, -0.15) is 13.2 Å². The summed E-state index contributed by atoms with van der Waals surface area (Å²) >= 11 is 0. The van der Waals surface area contributed by atoms with Crippen molar-refractivity contribution in [3.05, 3.63) is 0 Å². The highest BCUT2D eigenvalue weighted by atomic mass is 19.4. The number of halogens is 3. The van der Waals surface area contributed by atoms with Crippen LogP contribution in [0.25, 0.3) is 0 Å². The van der Waals surface area contributed by atoms with Crippen LogP contribution in [0.15, 0.2) is 0 Å². The largest absolute Gasteiger partial charge is 0.481 e. The van der Waals surface area contributed by atoms with Crippen molar-refractivity contribution in [2.75, 3.05) is 13.1 Å². The summed E-state index contributed by atoms with van der Waals surface area (Å²) in [5.41, 5.74) is 0. The van der Waals surface area contributed by atoms with E-state index in [0.29, 0.717) is 18.8 Å². The molecule has 2 aliphatic rings. The lowest BCUT2D eigenvalue weighted by Gasteiger charge is -2.25. The fraction of sp³-hybridized carbons (Fsp3) is 0.875. The highest BCUT2D eigenvalue weighted by Crippen LogP contribution is 2.39. The van der Waals surface area contributed by atoms with Crippen LogP contribution < -0.4 is 0 Å². The van der Waals surface area contributed by atoms with E-state index in [-0.39, 0.29) is 18.4 Å². The predicted molar refractivity (Wildman–Crippen MR) is 77.6 cm³/mol. The number of hydrogen-bond acceptors (Lipinski definition) is 2. The molecular weight excluding hydrogens is 311 g/mol. The lowest BCUT2D eigenvalue weighted by atomic mass is 9.90. The van der Waals surface area contributed by atoms with E-state index in [9.17, 15) is 22.8 Å². The third-order valence-electron chi connectivity index (χ3n) is 5.30. The van der Waals surface area contributed by atoms with Crippen molar-refractivity contribution < 1.29 is 27.9 Å². The highest BCUT2D eigenvalue weighted by molar-refractivity contribution is 5.81. The van der Waals surface area contributed by atoms with Gasteiger partial charge in [0, 0.05) is 19.0 Å². The molecule has 0 aromatic heterocycles. The van der Waals surface area contributed by atoms with Crippen LogP contribution in [0, 0.1) is 23.7 Å². The van der Waals surface area contributed by atoms with Crippen LogP contribution in [-0.2, 0) is 9.59 Å². The Hall–Kier alpha value is -1.27. The van der Waals surface area contributed by atoms with Gasteiger partial charge in [0.2, 0.25) is 5.91 Å². The number of carboxylic acids is 1. The molecule has 1 saturated carbocycles. The number of likely N-dealkylation sites (tertiary alicyclic amines) is 1. The maximum Gasteiger partial charge on any atom is 0.394 e. The fourth-order valence-electron chi connectivity index (χ4n) is 3.91. The average molecular weight is 335 g/mol. The monoisotopic (exact) mass is 335 g/mol. The van der Waals surface area contributed by atoms with Crippen molar-refractivity contribution in [3.63, 3.8) is 0 Å². The maximum atomic E-state index is 13.0. The van der Waals surface area contributed by atoms with Crippen LogP contribution >= 0.6 is 0 Å². The first-order valence-corrected chi connectivity index (χ1v) is 8.32. The molecule has 1 heterocycles. The van der Waals surface area contributed by atoms with Gasteiger partial charge in [0.15, 0.2) is 0 Å². The molecule has 23 heavy (non-hydrogen) atoms. The lowest BCUT2D eigenvalue weighted by molar-refractivity contribution is -0.188. The second-order valence-electron chi connectivity index (χ2n) is 6.83. The van der Waals surface area contributed by atoms with Crippen molar-refractivity contribution in [1.29, 1.82) is 0 Å². The highest BCUT2D eigenvalue weighted by Gasteiger charge is 2.53. The molecule has 1 aliphatic heterocycles. The van der Waals surface area contributed by atoms with Crippen LogP contribution in [0.4, 0.5) is 13.2 Å². The summed E-state index contributed by atoms with van der Waals surface area (Å²) in [6.45, 7) is 1.00. The first kappa shape index (κ1) is 18.1. The molecule has 1 unspecified atom stereocenters. The molecule has 1 saturated heterocycles. The van der Waals surface area contributed by atoms with E-state index < -0.39 is 30.5 Å². The standard InChI is InChI=1S/C16H24F3NO3/c1-2-11(7-10-5-3-4-6-10)14(21)20-8-12(15(22)23)13(9-20)16(17,18)19/h10-13H,2-9H2,1H3,(H,22,23)/t11?,12-,13-/m1/s1. The Bertz CT molecular complexity index is 446. The number of carboxylic acid groups (broad SMARTS) is 1. The van der Waals surface area contributed by atoms with Crippen molar-refractivity contribution in [2.45, 2.75) is 51.6 Å². The van der Waals surface area contributed by atoms with Crippen molar-refractivity contribution in [3.8, 4) is 0 Å². The number of carbonyl (C=O) groups is 2. The van der Waals surface area contributed by atoms with Gasteiger partial charge in [-0.25, -0.2) is 0 Å². The molecule has 2 rings (SSSR count). The van der Waals surface area contributed by atoms with Crippen LogP contribution in [-0.4, -0.2) is 41.1 Å². The minimum absolute atomic E-state index is 0.292. The molecule has 1 amide bonds. The lowest BCUT2D eigenvalue weighted by Crippen LogP contribution is -2.36. The fourth-order valence-corrected chi connectivity index (χ4v) is 3.91. The van der Waals surface area contributed by atoms with Gasteiger partial charge in [-0.3, -0.25) is 9.59 Å². The zero-order chi connectivity index (χ0) is 17.2. The van der Waals surface area contributed by atoms with E-state index in [2.05, 4.69) is 0 Å². The molecule has 1 N–H and O–H groups in total. The molecule has 0 radical (unpaired) electrons. The normalized spacial score (nSPS) is 27.4. The summed E-state index contributed by atoms with van der Waals surface area (Å²) in [4.78, 5) is 24.8. The van der Waals surface area contributed by atoms with Crippen LogP contribution in [0.3, 0.4) is 0 Å². The second-order valence-corrected chi connectivity index (χ2v) is 6.83. The quantitative estimate of drug-likeness (QED) is 0.838. The topological polar surface area (TPSA) is 57.6 Å². The number of amides is 1. The molecule has 0 aromatic carbocycles. The molecule has 132 valence electrons. The van der Waals surface area contributed by atoms with Gasteiger partial charge in [-0.15, -0.1) is 0 Å². The summed E-state index contributed by atoms with van der Waals surface area (Å²) in [6.07, 6.45) is 1.15. The summed E-state index contributed by atoms with van der Waals surface area (Å²) in [5, 5.41) is 9.03. The number of rotatable bonds is 5. The molecule has 0 bridgehead atoms. The Morgan fingerprint density at radius 1 is 1.22 bits per heavy atom. The van der Waals surface area contributed by atoms with E-state index in [4.69, 9.17) is 5.11 Å². The molecule has 7 heteroatoms. The maximum absolute atomic E-state index is 13.0. The number of hydrogen-bond donors (Lipinski definition) is 1. The van der Waals surface area contributed by atoms with Gasteiger partial charge in [-0.1, -0.05) is 32.6 Å². The SMILES string of the molecule is CCC(CC1CCCC1)C(=O)N1C[C@@H](C(F)(F)F)[C@H](C(=O)O)C1. The third kappa shape index (κ3) is 4.18. The molecule has 3 atom stereocenters. The second kappa shape index (κ2) is 7.09. The van der Waals surface area contributed by atoms with Gasteiger partial charge in [0.05, 0.1) is 11.8 Å². The van der Waals surface area contributed by atoms with Crippen molar-refractivity contribution >= 4 is 11.9 Å². The molecular formula is C16H24F3NO3. The van der Waals surface area contributed by atoms with Crippen LogP contribution in [0.2, 0.25) is 0 Å². The zero-order valence-electron chi connectivity index (χ0n) is 13.3. The van der Waals surface area contributed by atoms with Crippen LogP contribution in [0.5, 0.6) is 0 Å². The molecule has 1 aliphatic carbocycles. The number of carbonyl (C=O) groups excluding carboxylic acids is 1. The van der Waals surface area contributed by atoms with Gasteiger partial charge >= 0.3 is 12.1 Å². The van der Waals surface area contributed by atoms with E-state index in [1.54, 1.807) is 0 Å². The van der Waals surface area contributed by atoms with E-state index in [1.165, 1.54) is 0 Å². The van der Waals surface area contributed by atoms with Crippen LogP contribution in [0.1, 0.15) is 45.4 Å². The van der Waals surface area contributed by atoms with E-state index >= 15 is 0 Å². The van der Waals surface area contributed by atoms with Gasteiger partial charge in [0.25, 0.3) is 0 Å². The zero-order valence-corrected chi connectivity index (χ0v) is 13.3. The third-order valence-corrected chi connectivity index (χ3v) is 5.30. The average Bonchev–Trinajstić information content (AvgIpc) is 3.12. The Morgan fingerprint density at radius 2 is 1.83 bits per heavy atom. The first-order chi connectivity index (χ1) is 10.7. The number of aliphatic carboxylic acids is 1. The van der Waals surface area contributed by atoms with Gasteiger partial charge in [-0.05, 0) is 18.8 Å². The summed E-state index contributed by atoms with van der Waals surface area (Å²) in [6, 6.07) is 0. The Kier molecular flexibility index (Phi) is 5.57. The number of nitrogens with zero attached hydrogens (tertiary/aromatic N) is 1. The molecule has 4 nitrogen and oxygen atoms in total. The number of alkyl halides is 3. The van der Waals surface area contributed by atoms with Gasteiger partial charge < -0.3 is 10.0 Å². The Morgan fingerprint density at radius 3 is 2.26 bits per heavy atom.